The van der Waals surface area contributed by atoms with Crippen molar-refractivity contribution in [3.63, 3.8) is 0 Å². The van der Waals surface area contributed by atoms with E-state index in [0.717, 1.165) is 41.6 Å². The fraction of sp³-hybridized carbons (Fsp3) is 0.438. The molecule has 0 aliphatic rings. The molecule has 3 rings (SSSR count). The van der Waals surface area contributed by atoms with Crippen LogP contribution in [0.5, 0.6) is 0 Å². The van der Waals surface area contributed by atoms with Crippen LogP contribution in [0.15, 0.2) is 66.9 Å². The van der Waals surface area contributed by atoms with Gasteiger partial charge in [-0.3, -0.25) is 4.98 Å². The second kappa shape index (κ2) is 14.5. The first kappa shape index (κ1) is 26.7. The lowest BCUT2D eigenvalue weighted by Crippen LogP contribution is -2.15. The molecular weight excluding hydrogens is 430 g/mol. The van der Waals surface area contributed by atoms with Crippen LogP contribution in [0, 0.1) is 0 Å². The molecule has 186 valence electrons. The number of rotatable bonds is 14. The Labute approximate surface area is 212 Å². The SMILES string of the molecule is CCCCCCc1ccc(-c2ccc(-c3ccc(C(=O)O[C@H](C)CCCCCC)cc3)cn2)cc1. The number of carbonyl (C=O) groups excluding carboxylic acids is 1. The highest BCUT2D eigenvalue weighted by atomic mass is 16.5. The molecule has 0 saturated carbocycles. The summed E-state index contributed by atoms with van der Waals surface area (Å²) in [5.41, 5.74) is 6.16. The van der Waals surface area contributed by atoms with Crippen LogP contribution in [-0.2, 0) is 11.2 Å². The molecule has 1 atom stereocenters. The van der Waals surface area contributed by atoms with E-state index in [1.807, 2.05) is 37.4 Å². The van der Waals surface area contributed by atoms with Gasteiger partial charge in [-0.2, -0.15) is 0 Å². The van der Waals surface area contributed by atoms with Crippen molar-refractivity contribution in [2.75, 3.05) is 0 Å². The van der Waals surface area contributed by atoms with Gasteiger partial charge in [0.1, 0.15) is 0 Å². The van der Waals surface area contributed by atoms with E-state index in [1.54, 1.807) is 0 Å². The van der Waals surface area contributed by atoms with Crippen LogP contribution in [0.3, 0.4) is 0 Å². The van der Waals surface area contributed by atoms with Crippen molar-refractivity contribution in [2.45, 2.75) is 91.1 Å². The average Bonchev–Trinajstić information content (AvgIpc) is 2.90. The molecule has 0 aliphatic heterocycles. The summed E-state index contributed by atoms with van der Waals surface area (Å²) in [4.78, 5) is 17.2. The summed E-state index contributed by atoms with van der Waals surface area (Å²) < 4.78 is 5.62. The minimum atomic E-state index is -0.248. The first-order chi connectivity index (χ1) is 17.1. The van der Waals surface area contributed by atoms with Gasteiger partial charge in [-0.25, -0.2) is 4.79 Å². The van der Waals surface area contributed by atoms with Gasteiger partial charge in [0, 0.05) is 17.3 Å². The Morgan fingerprint density at radius 1 is 0.743 bits per heavy atom. The number of carbonyl (C=O) groups is 1. The number of hydrogen-bond donors (Lipinski definition) is 0. The van der Waals surface area contributed by atoms with E-state index in [9.17, 15) is 4.79 Å². The Bertz CT molecular complexity index is 1010. The second-order valence-corrected chi connectivity index (χ2v) is 9.58. The third kappa shape index (κ3) is 8.65. The van der Waals surface area contributed by atoms with Crippen LogP contribution in [0.4, 0.5) is 0 Å². The number of ether oxygens (including phenoxy) is 1. The lowest BCUT2D eigenvalue weighted by Gasteiger charge is -2.13. The van der Waals surface area contributed by atoms with Crippen molar-refractivity contribution < 1.29 is 9.53 Å². The monoisotopic (exact) mass is 471 g/mol. The molecule has 0 amide bonds. The van der Waals surface area contributed by atoms with E-state index in [0.29, 0.717) is 5.56 Å². The molecule has 1 aromatic heterocycles. The summed E-state index contributed by atoms with van der Waals surface area (Å²) in [6, 6.07) is 20.6. The predicted octanol–water partition coefficient (Wildman–Crippen LogP) is 9.05. The highest BCUT2D eigenvalue weighted by Gasteiger charge is 2.12. The van der Waals surface area contributed by atoms with Crippen molar-refractivity contribution in [3.05, 3.63) is 78.0 Å². The smallest absolute Gasteiger partial charge is 0.338 e. The fourth-order valence-electron chi connectivity index (χ4n) is 4.30. The minimum absolute atomic E-state index is 0.0501. The van der Waals surface area contributed by atoms with E-state index < -0.39 is 0 Å². The van der Waals surface area contributed by atoms with Crippen LogP contribution in [0.2, 0.25) is 0 Å². The molecule has 0 saturated heterocycles. The van der Waals surface area contributed by atoms with Crippen molar-refractivity contribution in [1.82, 2.24) is 4.98 Å². The minimum Gasteiger partial charge on any atom is -0.459 e. The van der Waals surface area contributed by atoms with Gasteiger partial charge in [-0.05, 0) is 61.9 Å². The molecule has 0 aliphatic carbocycles. The van der Waals surface area contributed by atoms with Gasteiger partial charge in [0.15, 0.2) is 0 Å². The predicted molar refractivity (Wildman–Crippen MR) is 147 cm³/mol. The summed E-state index contributed by atoms with van der Waals surface area (Å²) in [7, 11) is 0. The van der Waals surface area contributed by atoms with Crippen LogP contribution in [0.25, 0.3) is 22.4 Å². The summed E-state index contributed by atoms with van der Waals surface area (Å²) in [6.07, 6.45) is 13.8. The number of hydrogen-bond acceptors (Lipinski definition) is 3. The molecule has 1 heterocycles. The summed E-state index contributed by atoms with van der Waals surface area (Å²) >= 11 is 0. The van der Waals surface area contributed by atoms with E-state index in [4.69, 9.17) is 4.74 Å². The largest absolute Gasteiger partial charge is 0.459 e. The Morgan fingerprint density at radius 3 is 2.00 bits per heavy atom. The summed E-state index contributed by atoms with van der Waals surface area (Å²) in [5.74, 6) is -0.248. The van der Waals surface area contributed by atoms with Crippen molar-refractivity contribution in [3.8, 4) is 22.4 Å². The molecule has 3 heteroatoms. The Kier molecular flexibility index (Phi) is 11.0. The Hall–Kier alpha value is -2.94. The summed E-state index contributed by atoms with van der Waals surface area (Å²) in [5, 5.41) is 0. The van der Waals surface area contributed by atoms with Gasteiger partial charge in [-0.1, -0.05) is 94.8 Å². The lowest BCUT2D eigenvalue weighted by atomic mass is 10.0. The maximum absolute atomic E-state index is 12.5. The average molecular weight is 472 g/mol. The quantitative estimate of drug-likeness (QED) is 0.174. The highest BCUT2D eigenvalue weighted by molar-refractivity contribution is 5.90. The molecule has 2 aromatic carbocycles. The molecule has 0 spiro atoms. The van der Waals surface area contributed by atoms with Crippen LogP contribution in [0.1, 0.15) is 94.5 Å². The number of nitrogens with zero attached hydrogens (tertiary/aromatic N) is 1. The van der Waals surface area contributed by atoms with E-state index in [1.165, 1.54) is 50.5 Å². The molecule has 0 bridgehead atoms. The normalized spacial score (nSPS) is 11.9. The molecule has 3 aromatic rings. The highest BCUT2D eigenvalue weighted by Crippen LogP contribution is 2.24. The maximum atomic E-state index is 12.5. The molecular formula is C32H41NO2. The third-order valence-electron chi connectivity index (χ3n) is 6.56. The number of pyridine rings is 1. The zero-order chi connectivity index (χ0) is 24.9. The molecule has 3 nitrogen and oxygen atoms in total. The van der Waals surface area contributed by atoms with E-state index >= 15 is 0 Å². The van der Waals surface area contributed by atoms with Gasteiger partial charge in [-0.15, -0.1) is 0 Å². The third-order valence-corrected chi connectivity index (χ3v) is 6.56. The van der Waals surface area contributed by atoms with Crippen LogP contribution >= 0.6 is 0 Å². The van der Waals surface area contributed by atoms with Crippen molar-refractivity contribution in [2.24, 2.45) is 0 Å². The van der Waals surface area contributed by atoms with Gasteiger partial charge in [0.05, 0.1) is 17.4 Å². The summed E-state index contributed by atoms with van der Waals surface area (Å²) in [6.45, 7) is 6.43. The first-order valence-corrected chi connectivity index (χ1v) is 13.5. The second-order valence-electron chi connectivity index (χ2n) is 9.58. The number of benzene rings is 2. The molecule has 35 heavy (non-hydrogen) atoms. The molecule has 0 unspecified atom stereocenters. The van der Waals surface area contributed by atoms with Crippen molar-refractivity contribution >= 4 is 5.97 Å². The fourth-order valence-corrected chi connectivity index (χ4v) is 4.30. The van der Waals surface area contributed by atoms with Gasteiger partial charge in [0.2, 0.25) is 0 Å². The topological polar surface area (TPSA) is 39.2 Å². The van der Waals surface area contributed by atoms with Gasteiger partial charge >= 0.3 is 5.97 Å². The number of aromatic nitrogens is 1. The zero-order valence-electron chi connectivity index (χ0n) is 21.8. The van der Waals surface area contributed by atoms with Gasteiger partial charge < -0.3 is 4.74 Å². The number of esters is 1. The molecule has 0 radical (unpaired) electrons. The van der Waals surface area contributed by atoms with E-state index in [-0.39, 0.29) is 12.1 Å². The maximum Gasteiger partial charge on any atom is 0.338 e. The standard InChI is InChI=1S/C32H41NO2/c1-4-6-8-10-12-25(3)35-32(34)29-20-18-27(19-21-29)30-22-23-31(33-24-30)28-16-14-26(15-17-28)13-11-9-7-5-2/h14-25H,4-13H2,1-3H3/t25-/m1/s1. The number of unbranched alkanes of at least 4 members (excludes halogenated alkanes) is 6. The van der Waals surface area contributed by atoms with Gasteiger partial charge in [0.25, 0.3) is 0 Å². The van der Waals surface area contributed by atoms with E-state index in [2.05, 4.69) is 55.2 Å². The Balaban J connectivity index is 1.54. The molecule has 0 N–H and O–H groups in total. The van der Waals surface area contributed by atoms with Crippen LogP contribution in [-0.4, -0.2) is 17.1 Å². The lowest BCUT2D eigenvalue weighted by molar-refractivity contribution is 0.0319. The molecule has 0 fully saturated rings. The van der Waals surface area contributed by atoms with Crippen molar-refractivity contribution in [1.29, 1.82) is 0 Å². The van der Waals surface area contributed by atoms with Crippen LogP contribution < -0.4 is 0 Å². The Morgan fingerprint density at radius 2 is 1.37 bits per heavy atom. The number of aryl methyl sites for hydroxylation is 1. The first-order valence-electron chi connectivity index (χ1n) is 13.5. The zero-order valence-corrected chi connectivity index (χ0v) is 21.8.